The zero-order chi connectivity index (χ0) is 29.0. The van der Waals surface area contributed by atoms with E-state index in [1.165, 1.54) is 0 Å². The fourth-order valence-corrected chi connectivity index (χ4v) is 27.7. The van der Waals surface area contributed by atoms with Gasteiger partial charge in [-0.25, -0.2) is 0 Å². The summed E-state index contributed by atoms with van der Waals surface area (Å²) in [5.41, 5.74) is 0.552. The summed E-state index contributed by atoms with van der Waals surface area (Å²) in [4.78, 5) is 0. The van der Waals surface area contributed by atoms with E-state index < -0.39 is 59.4 Å². The molecule has 36 heavy (non-hydrogen) atoms. The summed E-state index contributed by atoms with van der Waals surface area (Å²) in [5.74, 6) is 0. The highest BCUT2D eigenvalue weighted by molar-refractivity contribution is 6.93. The molecule has 0 aromatic carbocycles. The first kappa shape index (κ1) is 37.0. The molecule has 0 aromatic heterocycles. The van der Waals surface area contributed by atoms with E-state index in [-0.39, 0.29) is 5.73 Å². The molecule has 0 fully saturated rings. The average molecular weight is 631 g/mol. The molecule has 0 aromatic rings. The maximum Gasteiger partial charge on any atom is 0.640 e. The first-order valence-corrected chi connectivity index (χ1v) is 33.6. The van der Waals surface area contributed by atoms with Crippen LogP contribution in [0.1, 0.15) is 20.3 Å². The average Bonchev–Trinajstić information content (AvgIpc) is 2.44. The fraction of sp³-hybridized carbons (Fsp3) is 0.909. The van der Waals surface area contributed by atoms with Gasteiger partial charge in [0.2, 0.25) is 0 Å². The van der Waals surface area contributed by atoms with E-state index in [1.54, 1.807) is 0 Å². The van der Waals surface area contributed by atoms with Gasteiger partial charge in [-0.3, -0.25) is 0 Å². The van der Waals surface area contributed by atoms with Gasteiger partial charge in [0.1, 0.15) is 5.73 Å². The van der Waals surface area contributed by atoms with Crippen LogP contribution in [0.5, 0.6) is 0 Å². The van der Waals surface area contributed by atoms with Gasteiger partial charge in [0.05, 0.1) is 6.61 Å². The molecule has 0 amide bonds. The highest BCUT2D eigenvalue weighted by Gasteiger charge is 2.65. The Morgan fingerprint density at radius 3 is 1.08 bits per heavy atom. The molecule has 0 saturated carbocycles. The first-order valence-electron chi connectivity index (χ1n) is 13.1. The minimum atomic E-state index is -3.73. The van der Waals surface area contributed by atoms with E-state index >= 15 is 0 Å². The summed E-state index contributed by atoms with van der Waals surface area (Å²) in [6.07, 6.45) is 0.672. The van der Waals surface area contributed by atoms with Crippen molar-refractivity contribution in [2.75, 3.05) is 6.61 Å². The Balaban J connectivity index is 7.32. The summed E-state index contributed by atoms with van der Waals surface area (Å²) in [6.45, 7) is 40.8. The van der Waals surface area contributed by atoms with Crippen molar-refractivity contribution in [1.29, 1.82) is 0 Å². The van der Waals surface area contributed by atoms with Crippen LogP contribution >= 0.6 is 0 Å². The highest BCUT2D eigenvalue weighted by Crippen LogP contribution is 2.36. The van der Waals surface area contributed by atoms with Gasteiger partial charge >= 0.3 is 17.9 Å². The van der Waals surface area contributed by atoms with Crippen LogP contribution in [0.4, 0.5) is 0 Å². The molecule has 0 rings (SSSR count). The Labute approximate surface area is 231 Å². The normalized spacial score (nSPS) is 15.8. The molecule has 0 radical (unpaired) electrons. The van der Waals surface area contributed by atoms with Crippen LogP contribution in [-0.4, -0.2) is 71.8 Å². The lowest BCUT2D eigenvalue weighted by atomic mass is 10.4. The Bertz CT molecular complexity index is 645. The predicted molar refractivity (Wildman–Crippen MR) is 170 cm³/mol. The SMILES string of the molecule is C=C(C)COC(CC)[Si](O[Si](C)(C)C)(O[Si](C)(C)C)O[Si](O[Si](C)(C)C)(O[Si](C)(C)C)O[Si](C)(C)C. The van der Waals surface area contributed by atoms with E-state index in [9.17, 15) is 0 Å². The van der Waals surface area contributed by atoms with Crippen molar-refractivity contribution in [2.45, 2.75) is 124 Å². The molecule has 0 aliphatic rings. The molecule has 0 saturated heterocycles. The van der Waals surface area contributed by atoms with Crippen LogP contribution in [0, 0.1) is 0 Å². The van der Waals surface area contributed by atoms with Gasteiger partial charge in [0, 0.05) is 0 Å². The van der Waals surface area contributed by atoms with Crippen molar-refractivity contribution >= 4 is 59.4 Å². The third-order valence-electron chi connectivity index (χ3n) is 3.75. The van der Waals surface area contributed by atoms with E-state index in [2.05, 4.69) is 112 Å². The minimum Gasteiger partial charge on any atom is -0.415 e. The van der Waals surface area contributed by atoms with Gasteiger partial charge in [-0.15, -0.1) is 0 Å². The lowest BCUT2D eigenvalue weighted by molar-refractivity contribution is 0.0357. The van der Waals surface area contributed by atoms with Crippen molar-refractivity contribution in [3.8, 4) is 0 Å². The molecule has 1 atom stereocenters. The third-order valence-corrected chi connectivity index (χ3v) is 24.8. The number of hydrogen-bond acceptors (Lipinski definition) is 7. The van der Waals surface area contributed by atoms with Crippen molar-refractivity contribution in [3.05, 3.63) is 12.2 Å². The Kier molecular flexibility index (Phi) is 13.5. The lowest BCUT2D eigenvalue weighted by Crippen LogP contribution is -2.73. The third kappa shape index (κ3) is 16.2. The summed E-state index contributed by atoms with van der Waals surface area (Å²) in [7, 11) is -18.2. The molecule has 0 bridgehead atoms. The molecular formula is C22H58O7Si7. The Hall–Kier alpha value is 0.978. The summed E-state index contributed by atoms with van der Waals surface area (Å²) < 4.78 is 48.5. The zero-order valence-electron chi connectivity index (χ0n) is 26.6. The monoisotopic (exact) mass is 630 g/mol. The van der Waals surface area contributed by atoms with Crippen LogP contribution in [0.15, 0.2) is 12.2 Å². The first-order chi connectivity index (χ1) is 15.6. The Morgan fingerprint density at radius 2 is 0.861 bits per heavy atom. The van der Waals surface area contributed by atoms with Crippen molar-refractivity contribution < 1.29 is 29.4 Å². The van der Waals surface area contributed by atoms with Gasteiger partial charge in [-0.05, 0) is 112 Å². The summed E-state index contributed by atoms with van der Waals surface area (Å²) in [5, 5.41) is 0. The van der Waals surface area contributed by atoms with E-state index in [4.69, 9.17) is 29.4 Å². The van der Waals surface area contributed by atoms with Gasteiger partial charge < -0.3 is 29.4 Å². The maximum absolute atomic E-state index is 7.28. The van der Waals surface area contributed by atoms with E-state index in [0.717, 1.165) is 5.57 Å². The van der Waals surface area contributed by atoms with Gasteiger partial charge in [0.15, 0.2) is 41.6 Å². The second kappa shape index (κ2) is 13.1. The molecule has 0 heterocycles. The molecular weight excluding hydrogens is 573 g/mol. The van der Waals surface area contributed by atoms with Crippen molar-refractivity contribution in [2.24, 2.45) is 0 Å². The number of ether oxygens (including phenoxy) is 1. The maximum atomic E-state index is 7.28. The topological polar surface area (TPSA) is 64.6 Å². The summed E-state index contributed by atoms with van der Waals surface area (Å²) >= 11 is 0. The fourth-order valence-electron chi connectivity index (χ4n) is 3.25. The minimum absolute atomic E-state index is 0.389. The lowest BCUT2D eigenvalue weighted by Gasteiger charge is -2.49. The number of hydrogen-bond donors (Lipinski definition) is 0. The van der Waals surface area contributed by atoms with Crippen LogP contribution in [0.2, 0.25) is 98.2 Å². The van der Waals surface area contributed by atoms with E-state index in [0.29, 0.717) is 13.0 Å². The molecule has 7 nitrogen and oxygen atoms in total. The van der Waals surface area contributed by atoms with Crippen molar-refractivity contribution in [1.82, 2.24) is 0 Å². The van der Waals surface area contributed by atoms with Crippen LogP contribution in [0.3, 0.4) is 0 Å². The number of rotatable bonds is 17. The summed E-state index contributed by atoms with van der Waals surface area (Å²) in [6, 6.07) is 0. The molecule has 1 unspecified atom stereocenters. The second-order valence-corrected chi connectivity index (χ2v) is 43.3. The molecule has 0 spiro atoms. The van der Waals surface area contributed by atoms with Gasteiger partial charge in [-0.2, -0.15) is 0 Å². The molecule has 216 valence electrons. The molecule has 0 N–H and O–H groups in total. The highest BCUT2D eigenvalue weighted by atomic mass is 28.6. The smallest absolute Gasteiger partial charge is 0.415 e. The van der Waals surface area contributed by atoms with E-state index in [1.807, 2.05) is 6.92 Å². The molecule has 14 heteroatoms. The Morgan fingerprint density at radius 1 is 0.556 bits per heavy atom. The quantitative estimate of drug-likeness (QED) is 0.121. The van der Waals surface area contributed by atoms with Gasteiger partial charge in [0.25, 0.3) is 0 Å². The van der Waals surface area contributed by atoms with Crippen LogP contribution in [0.25, 0.3) is 0 Å². The second-order valence-electron chi connectivity index (χ2n) is 14.4. The van der Waals surface area contributed by atoms with Crippen molar-refractivity contribution in [3.63, 3.8) is 0 Å². The predicted octanol–water partition coefficient (Wildman–Crippen LogP) is 7.55. The van der Waals surface area contributed by atoms with Crippen LogP contribution in [-0.2, 0) is 29.4 Å². The standard InChI is InChI=1S/C22H58O7Si7/c1-19-22(23-20-21(2)3)35(24-30(4,5)6,25-31(7,8)9)29-36(26-32(10,11)12,27-33(13,14)15)28-34(16,17)18/h22H,2,19-20H2,1,3-18H3. The van der Waals surface area contributed by atoms with Crippen LogP contribution < -0.4 is 0 Å². The zero-order valence-corrected chi connectivity index (χ0v) is 33.6. The molecule has 0 aliphatic carbocycles. The largest absolute Gasteiger partial charge is 0.640 e. The van der Waals surface area contributed by atoms with Gasteiger partial charge in [-0.1, -0.05) is 19.1 Å². The molecule has 0 aliphatic heterocycles.